The van der Waals surface area contributed by atoms with Gasteiger partial charge in [0.05, 0.1) is 13.3 Å². The molecule has 0 aliphatic heterocycles. The highest BCUT2D eigenvalue weighted by molar-refractivity contribution is 5.93. The molecule has 0 unspecified atom stereocenters. The summed E-state index contributed by atoms with van der Waals surface area (Å²) in [6, 6.07) is 6.67. The van der Waals surface area contributed by atoms with Gasteiger partial charge in [-0.3, -0.25) is 9.89 Å². The zero-order chi connectivity index (χ0) is 16.1. The number of rotatable bonds is 5. The lowest BCUT2D eigenvalue weighted by molar-refractivity contribution is 0.0950. The molecule has 2 aromatic rings. The maximum atomic E-state index is 11.9. The van der Waals surface area contributed by atoms with Gasteiger partial charge in [-0.25, -0.2) is 5.43 Å². The van der Waals surface area contributed by atoms with Crippen LogP contribution in [0.2, 0.25) is 0 Å². The Hall–Kier alpha value is -2.83. The third-order valence-corrected chi connectivity index (χ3v) is 3.07. The van der Waals surface area contributed by atoms with Crippen LogP contribution in [0.5, 0.6) is 11.5 Å². The number of hydrogen-bond acceptors (Lipinski definition) is 5. The molecule has 0 bridgehead atoms. The Bertz CT molecular complexity index is 692. The summed E-state index contributed by atoms with van der Waals surface area (Å²) >= 11 is 0. The van der Waals surface area contributed by atoms with Crippen LogP contribution in [0, 0.1) is 0 Å². The first-order valence-electron chi connectivity index (χ1n) is 6.77. The molecule has 1 heterocycles. The van der Waals surface area contributed by atoms with Crippen molar-refractivity contribution in [1.29, 1.82) is 0 Å². The van der Waals surface area contributed by atoms with Gasteiger partial charge in [-0.2, -0.15) is 10.2 Å². The van der Waals surface area contributed by atoms with Gasteiger partial charge in [-0.05, 0) is 24.1 Å². The van der Waals surface area contributed by atoms with Crippen molar-refractivity contribution in [1.82, 2.24) is 15.6 Å². The summed E-state index contributed by atoms with van der Waals surface area (Å²) in [5.74, 6) is 0.127. The molecule has 2 rings (SSSR count). The fourth-order valence-electron chi connectivity index (χ4n) is 1.77. The van der Waals surface area contributed by atoms with E-state index < -0.39 is 5.91 Å². The van der Waals surface area contributed by atoms with Crippen LogP contribution < -0.4 is 10.2 Å². The number of nitrogens with one attached hydrogen (secondary N) is 2. The van der Waals surface area contributed by atoms with Gasteiger partial charge in [0.1, 0.15) is 0 Å². The van der Waals surface area contributed by atoms with Crippen LogP contribution in [0.3, 0.4) is 0 Å². The largest absolute Gasteiger partial charge is 0.504 e. The van der Waals surface area contributed by atoms with E-state index in [2.05, 4.69) is 20.7 Å². The first-order chi connectivity index (χ1) is 10.5. The zero-order valence-corrected chi connectivity index (χ0v) is 12.6. The SMILES string of the molecule is COc1cccc(C=NNC(=O)c2cc(C(C)C)[nH]n2)c1O. The minimum absolute atomic E-state index is 0.0372. The summed E-state index contributed by atoms with van der Waals surface area (Å²) < 4.78 is 4.99. The van der Waals surface area contributed by atoms with Crippen molar-refractivity contribution in [3.63, 3.8) is 0 Å². The molecule has 1 amide bonds. The molecule has 3 N–H and O–H groups in total. The fourth-order valence-corrected chi connectivity index (χ4v) is 1.77. The van der Waals surface area contributed by atoms with Gasteiger partial charge in [0.2, 0.25) is 0 Å². The Morgan fingerprint density at radius 1 is 1.50 bits per heavy atom. The number of carbonyl (C=O) groups excluding carboxylic acids is 1. The van der Waals surface area contributed by atoms with Crippen molar-refractivity contribution in [3.05, 3.63) is 41.2 Å². The Labute approximate surface area is 128 Å². The first-order valence-corrected chi connectivity index (χ1v) is 6.77. The Kier molecular flexibility index (Phi) is 4.77. The number of aromatic amines is 1. The van der Waals surface area contributed by atoms with E-state index >= 15 is 0 Å². The van der Waals surface area contributed by atoms with Gasteiger partial charge in [0, 0.05) is 11.3 Å². The second kappa shape index (κ2) is 6.75. The molecule has 22 heavy (non-hydrogen) atoms. The van der Waals surface area contributed by atoms with E-state index in [4.69, 9.17) is 4.74 Å². The molecule has 116 valence electrons. The number of methoxy groups -OCH3 is 1. The number of phenols is 1. The average molecular weight is 302 g/mol. The van der Waals surface area contributed by atoms with Gasteiger partial charge in [0.15, 0.2) is 17.2 Å². The Morgan fingerprint density at radius 2 is 2.27 bits per heavy atom. The normalized spacial score (nSPS) is 11.1. The molecule has 0 aliphatic carbocycles. The molecule has 7 nitrogen and oxygen atoms in total. The van der Waals surface area contributed by atoms with Crippen LogP contribution in [0.1, 0.15) is 41.5 Å². The van der Waals surface area contributed by atoms with Crippen molar-refractivity contribution in [3.8, 4) is 11.5 Å². The van der Waals surface area contributed by atoms with Gasteiger partial charge in [-0.15, -0.1) is 0 Å². The summed E-state index contributed by atoms with van der Waals surface area (Å²) in [6.45, 7) is 4.00. The predicted molar refractivity (Wildman–Crippen MR) is 82.4 cm³/mol. The second-order valence-corrected chi connectivity index (χ2v) is 4.96. The van der Waals surface area contributed by atoms with E-state index in [1.807, 2.05) is 13.8 Å². The number of aromatic hydroxyl groups is 1. The lowest BCUT2D eigenvalue weighted by Gasteiger charge is -2.04. The highest BCUT2D eigenvalue weighted by Gasteiger charge is 2.11. The number of amides is 1. The van der Waals surface area contributed by atoms with Crippen LogP contribution in [-0.4, -0.2) is 34.5 Å². The molecule has 0 fully saturated rings. The molecule has 0 saturated heterocycles. The summed E-state index contributed by atoms with van der Waals surface area (Å²) in [7, 11) is 1.46. The average Bonchev–Trinajstić information content (AvgIpc) is 2.99. The quantitative estimate of drug-likeness (QED) is 0.581. The van der Waals surface area contributed by atoms with Crippen LogP contribution in [-0.2, 0) is 0 Å². The first kappa shape index (κ1) is 15.6. The predicted octanol–water partition coefficient (Wildman–Crippen LogP) is 2.01. The molecule has 0 radical (unpaired) electrons. The lowest BCUT2D eigenvalue weighted by Crippen LogP contribution is -2.18. The third-order valence-electron chi connectivity index (χ3n) is 3.07. The maximum Gasteiger partial charge on any atom is 0.291 e. The number of nitrogens with zero attached hydrogens (tertiary/aromatic N) is 2. The molecule has 0 aliphatic rings. The summed E-state index contributed by atoms with van der Waals surface area (Å²) in [5, 5.41) is 20.4. The molecule has 0 atom stereocenters. The van der Waals surface area contributed by atoms with Crippen LogP contribution in [0.25, 0.3) is 0 Å². The molecule has 0 saturated carbocycles. The number of aromatic nitrogens is 2. The van der Waals surface area contributed by atoms with Gasteiger partial charge in [-0.1, -0.05) is 19.9 Å². The second-order valence-electron chi connectivity index (χ2n) is 4.96. The number of H-pyrrole nitrogens is 1. The van der Waals surface area contributed by atoms with E-state index in [1.165, 1.54) is 13.3 Å². The van der Waals surface area contributed by atoms with Crippen molar-refractivity contribution < 1.29 is 14.6 Å². The van der Waals surface area contributed by atoms with E-state index in [1.54, 1.807) is 24.3 Å². The highest BCUT2D eigenvalue weighted by atomic mass is 16.5. The standard InChI is InChI=1S/C15H18N4O3/c1-9(2)11-7-12(18-17-11)15(21)19-16-8-10-5-4-6-13(22-3)14(10)20/h4-9,20H,1-3H3,(H,17,18)(H,19,21). The van der Waals surface area contributed by atoms with Crippen molar-refractivity contribution >= 4 is 12.1 Å². The number of para-hydroxylation sites is 1. The van der Waals surface area contributed by atoms with Crippen LogP contribution in [0.4, 0.5) is 0 Å². The molecular weight excluding hydrogens is 284 g/mol. The van der Waals surface area contributed by atoms with E-state index in [0.717, 1.165) is 5.69 Å². The fraction of sp³-hybridized carbons (Fsp3) is 0.267. The number of hydrazone groups is 1. The van der Waals surface area contributed by atoms with E-state index in [9.17, 15) is 9.90 Å². The van der Waals surface area contributed by atoms with Gasteiger partial charge in [0.25, 0.3) is 5.91 Å². The molecular formula is C15H18N4O3. The highest BCUT2D eigenvalue weighted by Crippen LogP contribution is 2.27. The van der Waals surface area contributed by atoms with Gasteiger partial charge < -0.3 is 9.84 Å². The monoisotopic (exact) mass is 302 g/mol. The van der Waals surface area contributed by atoms with Crippen molar-refractivity contribution in [2.75, 3.05) is 7.11 Å². The maximum absolute atomic E-state index is 11.9. The number of benzene rings is 1. The van der Waals surface area contributed by atoms with Crippen LogP contribution >= 0.6 is 0 Å². The molecule has 1 aromatic heterocycles. The topological polar surface area (TPSA) is 99.6 Å². The van der Waals surface area contributed by atoms with E-state index in [-0.39, 0.29) is 17.4 Å². The van der Waals surface area contributed by atoms with Gasteiger partial charge >= 0.3 is 0 Å². The summed E-state index contributed by atoms with van der Waals surface area (Å²) in [6.07, 6.45) is 1.34. The third kappa shape index (κ3) is 3.43. The lowest BCUT2D eigenvalue weighted by atomic mass is 10.1. The summed E-state index contributed by atoms with van der Waals surface area (Å²) in [5.41, 5.74) is 3.93. The van der Waals surface area contributed by atoms with Crippen molar-refractivity contribution in [2.45, 2.75) is 19.8 Å². The number of phenolic OH excluding ortho intramolecular Hbond substituents is 1. The Balaban J connectivity index is 2.04. The molecule has 1 aromatic carbocycles. The Morgan fingerprint density at radius 3 is 2.91 bits per heavy atom. The number of carbonyl (C=O) groups is 1. The smallest absolute Gasteiger partial charge is 0.291 e. The molecule has 7 heteroatoms. The van der Waals surface area contributed by atoms with E-state index in [0.29, 0.717) is 11.3 Å². The zero-order valence-electron chi connectivity index (χ0n) is 12.6. The minimum Gasteiger partial charge on any atom is -0.504 e. The number of ether oxygens (including phenoxy) is 1. The van der Waals surface area contributed by atoms with Crippen molar-refractivity contribution in [2.24, 2.45) is 5.10 Å². The molecule has 0 spiro atoms. The van der Waals surface area contributed by atoms with Crippen LogP contribution in [0.15, 0.2) is 29.4 Å². The minimum atomic E-state index is -0.429. The number of hydrogen-bond donors (Lipinski definition) is 3. The summed E-state index contributed by atoms with van der Waals surface area (Å²) in [4.78, 5) is 11.9.